The average molecular weight is 321 g/mol. The van der Waals surface area contributed by atoms with Crippen LogP contribution >= 0.6 is 0 Å². The van der Waals surface area contributed by atoms with Crippen molar-refractivity contribution in [3.63, 3.8) is 0 Å². The molecule has 0 saturated heterocycles. The number of unbranched alkanes of at least 4 members (excludes halogenated alkanes) is 12. The molecule has 1 unspecified atom stereocenters. The van der Waals surface area contributed by atoms with Gasteiger partial charge < -0.3 is 5.11 Å². The second kappa shape index (κ2) is 19.3. The molecule has 0 spiro atoms. The first-order chi connectivity index (χ1) is 11.3. The SMILES string of the molecule is CCCCCCCCCCCC/C=C/C#CC(O)CCCCC. The Morgan fingerprint density at radius 1 is 0.739 bits per heavy atom. The molecular weight excluding hydrogens is 280 g/mol. The van der Waals surface area contributed by atoms with E-state index in [4.69, 9.17) is 0 Å². The van der Waals surface area contributed by atoms with E-state index in [2.05, 4.69) is 31.8 Å². The van der Waals surface area contributed by atoms with E-state index in [1.807, 2.05) is 6.08 Å². The molecule has 0 aliphatic rings. The molecule has 0 radical (unpaired) electrons. The van der Waals surface area contributed by atoms with Gasteiger partial charge in [0.2, 0.25) is 0 Å². The van der Waals surface area contributed by atoms with E-state index in [1.165, 1.54) is 77.0 Å². The van der Waals surface area contributed by atoms with Crippen LogP contribution in [0.2, 0.25) is 0 Å². The quantitative estimate of drug-likeness (QED) is 0.260. The molecule has 134 valence electrons. The van der Waals surface area contributed by atoms with E-state index in [0.29, 0.717) is 0 Å². The maximum atomic E-state index is 9.66. The van der Waals surface area contributed by atoms with Crippen LogP contribution in [0, 0.1) is 11.8 Å². The smallest absolute Gasteiger partial charge is 0.115 e. The molecule has 0 bridgehead atoms. The van der Waals surface area contributed by atoms with Crippen molar-refractivity contribution in [3.05, 3.63) is 12.2 Å². The summed E-state index contributed by atoms with van der Waals surface area (Å²) in [5, 5.41) is 9.66. The third-order valence-corrected chi connectivity index (χ3v) is 4.26. The summed E-state index contributed by atoms with van der Waals surface area (Å²) < 4.78 is 0. The lowest BCUT2D eigenvalue weighted by Crippen LogP contribution is -2.01. The Morgan fingerprint density at radius 3 is 1.87 bits per heavy atom. The predicted molar refractivity (Wildman–Crippen MR) is 104 cm³/mol. The van der Waals surface area contributed by atoms with Crippen molar-refractivity contribution in [3.8, 4) is 11.8 Å². The van der Waals surface area contributed by atoms with Gasteiger partial charge in [-0.05, 0) is 31.8 Å². The molecule has 0 aromatic carbocycles. The summed E-state index contributed by atoms with van der Waals surface area (Å²) in [6, 6.07) is 0. The van der Waals surface area contributed by atoms with Crippen LogP contribution in [0.15, 0.2) is 12.2 Å². The lowest BCUT2D eigenvalue weighted by atomic mass is 10.1. The second-order valence-corrected chi connectivity index (χ2v) is 6.67. The molecule has 1 N–H and O–H groups in total. The average Bonchev–Trinajstić information content (AvgIpc) is 2.55. The zero-order valence-corrected chi connectivity index (χ0v) is 15.8. The second-order valence-electron chi connectivity index (χ2n) is 6.67. The molecule has 0 aromatic rings. The lowest BCUT2D eigenvalue weighted by molar-refractivity contribution is 0.217. The van der Waals surface area contributed by atoms with Gasteiger partial charge in [-0.3, -0.25) is 0 Å². The number of hydrogen-bond donors (Lipinski definition) is 1. The fourth-order valence-electron chi connectivity index (χ4n) is 2.70. The minimum absolute atomic E-state index is 0.441. The maximum absolute atomic E-state index is 9.66. The first kappa shape index (κ1) is 22.3. The number of hydrogen-bond acceptors (Lipinski definition) is 1. The highest BCUT2D eigenvalue weighted by atomic mass is 16.3. The van der Waals surface area contributed by atoms with Crippen LogP contribution in [0.5, 0.6) is 0 Å². The molecule has 0 fully saturated rings. The molecule has 1 heteroatoms. The Bertz CT molecular complexity index is 308. The van der Waals surface area contributed by atoms with Crippen LogP contribution < -0.4 is 0 Å². The Morgan fingerprint density at radius 2 is 1.26 bits per heavy atom. The van der Waals surface area contributed by atoms with Crippen molar-refractivity contribution in [2.24, 2.45) is 0 Å². The van der Waals surface area contributed by atoms with Crippen molar-refractivity contribution in [1.82, 2.24) is 0 Å². The molecule has 0 amide bonds. The van der Waals surface area contributed by atoms with E-state index in [-0.39, 0.29) is 0 Å². The first-order valence-corrected chi connectivity index (χ1v) is 10.1. The third kappa shape index (κ3) is 19.2. The van der Waals surface area contributed by atoms with Gasteiger partial charge in [0.25, 0.3) is 0 Å². The van der Waals surface area contributed by atoms with Crippen molar-refractivity contribution in [2.75, 3.05) is 0 Å². The van der Waals surface area contributed by atoms with Gasteiger partial charge >= 0.3 is 0 Å². The third-order valence-electron chi connectivity index (χ3n) is 4.26. The Kier molecular flexibility index (Phi) is 18.7. The number of aliphatic hydroxyl groups is 1. The van der Waals surface area contributed by atoms with Crippen LogP contribution in [-0.4, -0.2) is 11.2 Å². The molecule has 0 aliphatic carbocycles. The minimum Gasteiger partial charge on any atom is -0.380 e. The van der Waals surface area contributed by atoms with Crippen LogP contribution in [0.4, 0.5) is 0 Å². The Balaban J connectivity index is 3.31. The standard InChI is InChI=1S/C22H40O/c1-3-5-7-8-9-10-11-12-13-14-15-16-17-19-21-22(23)20-18-6-4-2/h16-17,22-23H,3-15,18,20H2,1-2H3/b17-16+. The molecule has 23 heavy (non-hydrogen) atoms. The minimum atomic E-state index is -0.441. The Labute approximate surface area is 146 Å². The van der Waals surface area contributed by atoms with Gasteiger partial charge in [0, 0.05) is 0 Å². The van der Waals surface area contributed by atoms with E-state index < -0.39 is 6.10 Å². The molecular formula is C22H40O. The first-order valence-electron chi connectivity index (χ1n) is 10.1. The van der Waals surface area contributed by atoms with Crippen molar-refractivity contribution < 1.29 is 5.11 Å². The fourth-order valence-corrected chi connectivity index (χ4v) is 2.70. The number of rotatable bonds is 15. The molecule has 0 aliphatic heterocycles. The van der Waals surface area contributed by atoms with E-state index >= 15 is 0 Å². The fraction of sp³-hybridized carbons (Fsp3) is 0.818. The summed E-state index contributed by atoms with van der Waals surface area (Å²) in [4.78, 5) is 0. The summed E-state index contributed by atoms with van der Waals surface area (Å²) in [7, 11) is 0. The Hall–Kier alpha value is -0.740. The van der Waals surface area contributed by atoms with Gasteiger partial charge in [-0.2, -0.15) is 0 Å². The van der Waals surface area contributed by atoms with Gasteiger partial charge in [0.15, 0.2) is 0 Å². The summed E-state index contributed by atoms with van der Waals surface area (Å²) >= 11 is 0. The van der Waals surface area contributed by atoms with Crippen LogP contribution in [0.3, 0.4) is 0 Å². The topological polar surface area (TPSA) is 20.2 Å². The van der Waals surface area contributed by atoms with Gasteiger partial charge in [-0.15, -0.1) is 0 Å². The van der Waals surface area contributed by atoms with Gasteiger partial charge in [-0.1, -0.05) is 102 Å². The van der Waals surface area contributed by atoms with Crippen molar-refractivity contribution in [1.29, 1.82) is 0 Å². The molecule has 0 aromatic heterocycles. The molecule has 0 saturated carbocycles. The van der Waals surface area contributed by atoms with Gasteiger partial charge in [0.1, 0.15) is 6.10 Å². The highest BCUT2D eigenvalue weighted by Crippen LogP contribution is 2.11. The zero-order chi connectivity index (χ0) is 17.0. The largest absolute Gasteiger partial charge is 0.380 e. The summed E-state index contributed by atoms with van der Waals surface area (Å²) in [5.41, 5.74) is 0. The summed E-state index contributed by atoms with van der Waals surface area (Å²) in [6.07, 6.45) is 22.9. The van der Waals surface area contributed by atoms with E-state index in [9.17, 15) is 5.11 Å². The monoisotopic (exact) mass is 320 g/mol. The summed E-state index contributed by atoms with van der Waals surface area (Å²) in [6.45, 7) is 4.45. The zero-order valence-electron chi connectivity index (χ0n) is 15.8. The maximum Gasteiger partial charge on any atom is 0.115 e. The number of allylic oxidation sites excluding steroid dienone is 2. The highest BCUT2D eigenvalue weighted by Gasteiger charge is 1.96. The van der Waals surface area contributed by atoms with Crippen LogP contribution in [-0.2, 0) is 0 Å². The normalized spacial score (nSPS) is 12.3. The van der Waals surface area contributed by atoms with Crippen LogP contribution in [0.1, 0.15) is 110 Å². The number of aliphatic hydroxyl groups excluding tert-OH is 1. The van der Waals surface area contributed by atoms with Gasteiger partial charge in [-0.25, -0.2) is 0 Å². The molecule has 1 atom stereocenters. The highest BCUT2D eigenvalue weighted by molar-refractivity contribution is 5.17. The lowest BCUT2D eigenvalue weighted by Gasteiger charge is -2.01. The van der Waals surface area contributed by atoms with Crippen LogP contribution in [0.25, 0.3) is 0 Å². The van der Waals surface area contributed by atoms with Crippen molar-refractivity contribution in [2.45, 2.75) is 116 Å². The van der Waals surface area contributed by atoms with E-state index in [0.717, 1.165) is 19.3 Å². The molecule has 0 rings (SSSR count). The van der Waals surface area contributed by atoms with Gasteiger partial charge in [0.05, 0.1) is 0 Å². The predicted octanol–water partition coefficient (Wildman–Crippen LogP) is 6.80. The summed E-state index contributed by atoms with van der Waals surface area (Å²) in [5.74, 6) is 5.87. The molecule has 1 nitrogen and oxygen atoms in total. The molecule has 0 heterocycles. The van der Waals surface area contributed by atoms with E-state index in [1.54, 1.807) is 0 Å². The van der Waals surface area contributed by atoms with Crippen molar-refractivity contribution >= 4 is 0 Å².